The fraction of sp³-hybridized carbons (Fsp3) is 0.405. The lowest BCUT2D eigenvalue weighted by atomic mass is 9.48. The number of piperidine rings is 1. The maximum absolute atomic E-state index is 11.2. The van der Waals surface area contributed by atoms with E-state index >= 15 is 0 Å². The van der Waals surface area contributed by atoms with Crippen molar-refractivity contribution >= 4 is 11.6 Å². The maximum Gasteiger partial charge on any atom is 0.166 e. The second-order valence-corrected chi connectivity index (χ2v) is 13.9. The summed E-state index contributed by atoms with van der Waals surface area (Å²) in [6.07, 6.45) is 12.5. The fourth-order valence-corrected chi connectivity index (χ4v) is 9.09. The number of hydrogen-bond acceptors (Lipinski definition) is 6. The number of fused-ring (bicyclic) bond motifs is 2. The Kier molecular flexibility index (Phi) is 6.13. The first kappa shape index (κ1) is 26.9. The van der Waals surface area contributed by atoms with Gasteiger partial charge in [-0.1, -0.05) is 29.8 Å². The number of pyridine rings is 2. The minimum atomic E-state index is -0.498. The van der Waals surface area contributed by atoms with Gasteiger partial charge in [-0.25, -0.2) is 0 Å². The van der Waals surface area contributed by atoms with Crippen molar-refractivity contribution in [3.8, 4) is 22.6 Å². The number of rotatable bonds is 8. The van der Waals surface area contributed by atoms with Crippen molar-refractivity contribution in [2.75, 3.05) is 19.7 Å². The van der Waals surface area contributed by atoms with Crippen LogP contribution in [-0.4, -0.2) is 51.3 Å². The molecule has 9 rings (SSSR count). The summed E-state index contributed by atoms with van der Waals surface area (Å²) in [4.78, 5) is 12.1. The molecule has 2 bridgehead atoms. The number of aryl methyl sites for hydroxylation is 1. The molecule has 4 aromatic rings. The molecule has 1 spiro atoms. The molecule has 224 valence electrons. The second kappa shape index (κ2) is 10.0. The number of phenolic OH excluding ortho intramolecular Hbond substituents is 1. The Bertz CT molecular complexity index is 1740. The SMILES string of the molecule is Oc1ccc2c3c1O[C@H]1c4ncc(-c5ccc(Cl)cc5)cc4C[C@@]4(OCCCc5ccncc5)[C@@H](C2)N(CC2CC2)CC[C@]314. The Morgan fingerprint density at radius 3 is 2.68 bits per heavy atom. The van der Waals surface area contributed by atoms with Gasteiger partial charge in [0.25, 0.3) is 0 Å². The minimum absolute atomic E-state index is 0.220. The highest BCUT2D eigenvalue weighted by Crippen LogP contribution is 2.69. The number of benzene rings is 2. The number of ether oxygens (including phenoxy) is 2. The normalized spacial score (nSPS) is 27.8. The molecule has 3 aliphatic carbocycles. The Balaban J connectivity index is 1.18. The number of nitrogens with zero attached hydrogens (tertiary/aromatic N) is 3. The molecule has 2 aromatic heterocycles. The van der Waals surface area contributed by atoms with Gasteiger partial charge in [-0.15, -0.1) is 0 Å². The van der Waals surface area contributed by atoms with Crippen LogP contribution in [0.3, 0.4) is 0 Å². The molecule has 0 unspecified atom stereocenters. The molecule has 7 heteroatoms. The quantitative estimate of drug-likeness (QED) is 0.221. The van der Waals surface area contributed by atoms with E-state index in [4.69, 9.17) is 26.1 Å². The monoisotopic (exact) mass is 605 g/mol. The Labute approximate surface area is 263 Å². The highest BCUT2D eigenvalue weighted by atomic mass is 35.5. The molecule has 4 atom stereocenters. The average molecular weight is 606 g/mol. The van der Waals surface area contributed by atoms with Gasteiger partial charge in [0.15, 0.2) is 17.6 Å². The van der Waals surface area contributed by atoms with Crippen molar-refractivity contribution in [2.24, 2.45) is 5.92 Å². The van der Waals surface area contributed by atoms with Crippen molar-refractivity contribution < 1.29 is 14.6 Å². The number of aromatic hydroxyl groups is 1. The summed E-state index contributed by atoms with van der Waals surface area (Å²) in [5.41, 5.74) is 7.17. The van der Waals surface area contributed by atoms with Crippen molar-refractivity contribution in [3.05, 3.63) is 106 Å². The lowest BCUT2D eigenvalue weighted by molar-refractivity contribution is -0.205. The summed E-state index contributed by atoms with van der Waals surface area (Å²) in [5, 5.41) is 11.9. The smallest absolute Gasteiger partial charge is 0.166 e. The molecule has 44 heavy (non-hydrogen) atoms. The summed E-state index contributed by atoms with van der Waals surface area (Å²) in [6.45, 7) is 2.80. The summed E-state index contributed by atoms with van der Waals surface area (Å²) in [5.74, 6) is 1.65. The number of halogens is 1. The molecule has 2 aliphatic heterocycles. The third-order valence-electron chi connectivity index (χ3n) is 11.1. The standard InChI is InChI=1S/C37H36ClN3O3/c38-29-8-5-25(6-9-29)28-18-27-20-37(43-17-1-2-23-11-14-39-15-12-23)31-19-26-7-10-30(42)34-32(26)36(37,35(44-34)33(27)40-21-28)13-16-41(31)22-24-3-4-24/h5-12,14-15,18,21,24,31,35,42H,1-4,13,16-17,19-20,22H2/t31-,35+,36+,37-/m1/s1. The second-order valence-electron chi connectivity index (χ2n) is 13.5. The molecule has 4 heterocycles. The van der Waals surface area contributed by atoms with E-state index in [1.54, 1.807) is 0 Å². The zero-order valence-electron chi connectivity index (χ0n) is 24.7. The maximum atomic E-state index is 11.2. The van der Waals surface area contributed by atoms with Crippen LogP contribution >= 0.6 is 11.6 Å². The van der Waals surface area contributed by atoms with Crippen molar-refractivity contribution in [1.82, 2.24) is 14.9 Å². The van der Waals surface area contributed by atoms with Crippen LogP contribution in [0.5, 0.6) is 11.5 Å². The zero-order valence-corrected chi connectivity index (χ0v) is 25.5. The molecular weight excluding hydrogens is 570 g/mol. The number of phenols is 1. The van der Waals surface area contributed by atoms with Crippen molar-refractivity contribution in [1.29, 1.82) is 0 Å². The van der Waals surface area contributed by atoms with Crippen LogP contribution in [0.2, 0.25) is 5.02 Å². The van der Waals surface area contributed by atoms with Gasteiger partial charge in [0, 0.05) is 60.4 Å². The van der Waals surface area contributed by atoms with Gasteiger partial charge in [0.1, 0.15) is 5.60 Å². The van der Waals surface area contributed by atoms with Gasteiger partial charge in [-0.05, 0) is 110 Å². The summed E-state index contributed by atoms with van der Waals surface area (Å²) in [6, 6.07) is 18.6. The summed E-state index contributed by atoms with van der Waals surface area (Å²) in [7, 11) is 0. The molecule has 1 saturated carbocycles. The third-order valence-corrected chi connectivity index (χ3v) is 11.3. The topological polar surface area (TPSA) is 67.7 Å². The van der Waals surface area contributed by atoms with E-state index in [0.717, 1.165) is 73.0 Å². The molecule has 2 aromatic carbocycles. The number of hydrogen-bond donors (Lipinski definition) is 1. The molecule has 1 N–H and O–H groups in total. The van der Waals surface area contributed by atoms with Crippen LogP contribution in [0.25, 0.3) is 11.1 Å². The van der Waals surface area contributed by atoms with E-state index < -0.39 is 11.0 Å². The highest BCUT2D eigenvalue weighted by Gasteiger charge is 2.73. The molecule has 2 fully saturated rings. The Morgan fingerprint density at radius 1 is 1.02 bits per heavy atom. The molecule has 5 aliphatic rings. The molecule has 1 saturated heterocycles. The Hall–Kier alpha value is -3.45. The van der Waals surface area contributed by atoms with E-state index in [1.807, 2.05) is 36.8 Å². The summed E-state index contributed by atoms with van der Waals surface area (Å²) >= 11 is 6.22. The summed E-state index contributed by atoms with van der Waals surface area (Å²) < 4.78 is 14.3. The van der Waals surface area contributed by atoms with Crippen LogP contribution in [0.1, 0.15) is 59.7 Å². The molecule has 0 amide bonds. The van der Waals surface area contributed by atoms with Gasteiger partial charge in [-0.3, -0.25) is 14.9 Å². The van der Waals surface area contributed by atoms with Crippen LogP contribution in [0, 0.1) is 5.92 Å². The predicted octanol–water partition coefficient (Wildman–Crippen LogP) is 6.86. The predicted molar refractivity (Wildman–Crippen MR) is 169 cm³/mol. The van der Waals surface area contributed by atoms with Crippen LogP contribution in [-0.2, 0) is 29.4 Å². The zero-order chi connectivity index (χ0) is 29.5. The first-order valence-corrected chi connectivity index (χ1v) is 16.5. The van der Waals surface area contributed by atoms with Gasteiger partial charge in [-0.2, -0.15) is 0 Å². The van der Waals surface area contributed by atoms with Crippen LogP contribution in [0.4, 0.5) is 0 Å². The van der Waals surface area contributed by atoms with E-state index in [1.165, 1.54) is 35.1 Å². The van der Waals surface area contributed by atoms with Gasteiger partial charge in [0.2, 0.25) is 0 Å². The lowest BCUT2D eigenvalue weighted by Gasteiger charge is -2.64. The minimum Gasteiger partial charge on any atom is -0.504 e. The van der Waals surface area contributed by atoms with E-state index in [9.17, 15) is 5.11 Å². The first-order valence-electron chi connectivity index (χ1n) is 16.1. The number of aromatic nitrogens is 2. The molecule has 6 nitrogen and oxygen atoms in total. The van der Waals surface area contributed by atoms with Gasteiger partial charge in [0.05, 0.1) is 11.1 Å². The lowest BCUT2D eigenvalue weighted by Crippen LogP contribution is -2.75. The highest BCUT2D eigenvalue weighted by molar-refractivity contribution is 6.30. The van der Waals surface area contributed by atoms with E-state index in [-0.39, 0.29) is 17.9 Å². The molecular formula is C37H36ClN3O3. The first-order chi connectivity index (χ1) is 21.6. The third kappa shape index (κ3) is 3.93. The fourth-order valence-electron chi connectivity index (χ4n) is 8.97. The molecule has 0 radical (unpaired) electrons. The largest absolute Gasteiger partial charge is 0.504 e. The number of likely N-dealkylation sites (tertiary alicyclic amines) is 1. The van der Waals surface area contributed by atoms with E-state index in [0.29, 0.717) is 12.4 Å². The van der Waals surface area contributed by atoms with Crippen LogP contribution in [0.15, 0.2) is 73.2 Å². The van der Waals surface area contributed by atoms with Gasteiger partial charge < -0.3 is 14.6 Å². The Morgan fingerprint density at radius 2 is 1.86 bits per heavy atom. The van der Waals surface area contributed by atoms with Crippen LogP contribution < -0.4 is 4.74 Å². The van der Waals surface area contributed by atoms with Crippen molar-refractivity contribution in [3.63, 3.8) is 0 Å². The van der Waals surface area contributed by atoms with Crippen molar-refractivity contribution in [2.45, 2.75) is 68.1 Å². The van der Waals surface area contributed by atoms with Gasteiger partial charge >= 0.3 is 0 Å². The average Bonchev–Trinajstić information content (AvgIpc) is 3.79. The van der Waals surface area contributed by atoms with E-state index in [2.05, 4.69) is 46.3 Å².